The van der Waals surface area contributed by atoms with Crippen molar-refractivity contribution in [1.29, 1.82) is 0 Å². The van der Waals surface area contributed by atoms with Crippen LogP contribution in [0.2, 0.25) is 0 Å². The van der Waals surface area contributed by atoms with Gasteiger partial charge in [-0.25, -0.2) is 13.2 Å². The largest absolute Gasteiger partial charge is 0.456 e. The zero-order valence-electron chi connectivity index (χ0n) is 8.51. The Hall–Kier alpha value is -1.34. The average molecular weight is 318 g/mol. The molecule has 1 aromatic rings. The molecule has 7 heteroatoms. The van der Waals surface area contributed by atoms with Crippen LogP contribution in [0.5, 0.6) is 0 Å². The number of benzene rings is 1. The van der Waals surface area contributed by atoms with E-state index in [4.69, 9.17) is 0 Å². The molecular formula is C10H8BrNO4S. The van der Waals surface area contributed by atoms with Gasteiger partial charge in [-0.2, -0.15) is 0 Å². The maximum absolute atomic E-state index is 11.9. The Morgan fingerprint density at radius 1 is 1.24 bits per heavy atom. The first kappa shape index (κ1) is 12.1. The van der Waals surface area contributed by atoms with E-state index in [1.54, 1.807) is 12.1 Å². The van der Waals surface area contributed by atoms with E-state index in [1.165, 1.54) is 12.1 Å². The predicted octanol–water partition coefficient (Wildman–Crippen LogP) is 1.17. The van der Waals surface area contributed by atoms with E-state index in [0.717, 1.165) is 10.5 Å². The molecule has 0 radical (unpaired) electrons. The van der Waals surface area contributed by atoms with E-state index in [0.29, 0.717) is 0 Å². The smallest absolute Gasteiger partial charge is 0.333 e. The SMILES string of the molecule is O=C1C=C(NS(=O)(=O)c2ccc(Br)cc2)CO1. The van der Waals surface area contributed by atoms with Gasteiger partial charge in [-0.05, 0) is 24.3 Å². The summed E-state index contributed by atoms with van der Waals surface area (Å²) in [5.74, 6) is -0.543. The lowest BCUT2D eigenvalue weighted by molar-refractivity contribution is -0.134. The topological polar surface area (TPSA) is 72.5 Å². The van der Waals surface area contributed by atoms with Crippen molar-refractivity contribution in [3.63, 3.8) is 0 Å². The van der Waals surface area contributed by atoms with E-state index >= 15 is 0 Å². The van der Waals surface area contributed by atoms with Gasteiger partial charge in [0, 0.05) is 10.5 Å². The fourth-order valence-corrected chi connectivity index (χ4v) is 2.62. The van der Waals surface area contributed by atoms with Crippen LogP contribution in [0.1, 0.15) is 0 Å². The highest BCUT2D eigenvalue weighted by molar-refractivity contribution is 9.10. The summed E-state index contributed by atoms with van der Waals surface area (Å²) in [5, 5.41) is 0. The van der Waals surface area contributed by atoms with Crippen molar-refractivity contribution in [1.82, 2.24) is 4.72 Å². The van der Waals surface area contributed by atoms with Crippen LogP contribution in [0.15, 0.2) is 45.4 Å². The van der Waals surface area contributed by atoms with Crippen LogP contribution >= 0.6 is 15.9 Å². The summed E-state index contributed by atoms with van der Waals surface area (Å²) in [5.41, 5.74) is 0.234. The second-order valence-electron chi connectivity index (χ2n) is 3.34. The van der Waals surface area contributed by atoms with Crippen molar-refractivity contribution < 1.29 is 17.9 Å². The van der Waals surface area contributed by atoms with Gasteiger partial charge in [0.1, 0.15) is 6.61 Å². The van der Waals surface area contributed by atoms with Gasteiger partial charge in [0.15, 0.2) is 0 Å². The molecule has 90 valence electrons. The lowest BCUT2D eigenvalue weighted by atomic mass is 10.4. The third-order valence-corrected chi connectivity index (χ3v) is 4.00. The number of hydrogen-bond donors (Lipinski definition) is 1. The molecule has 0 amide bonds. The Morgan fingerprint density at radius 3 is 2.41 bits per heavy atom. The molecule has 0 fully saturated rings. The normalized spacial score (nSPS) is 15.4. The van der Waals surface area contributed by atoms with Crippen LogP contribution in [0.3, 0.4) is 0 Å². The van der Waals surface area contributed by atoms with Crippen LogP contribution in [-0.2, 0) is 19.6 Å². The minimum absolute atomic E-state index is 0.0470. The Morgan fingerprint density at radius 2 is 1.88 bits per heavy atom. The summed E-state index contributed by atoms with van der Waals surface area (Å²) in [6.07, 6.45) is 1.12. The number of halogens is 1. The van der Waals surface area contributed by atoms with Gasteiger partial charge in [0.25, 0.3) is 10.0 Å². The van der Waals surface area contributed by atoms with Gasteiger partial charge in [-0.1, -0.05) is 15.9 Å². The van der Waals surface area contributed by atoms with Gasteiger partial charge in [-0.3, -0.25) is 4.72 Å². The molecule has 1 N–H and O–H groups in total. The van der Waals surface area contributed by atoms with E-state index in [1.807, 2.05) is 0 Å². The quantitative estimate of drug-likeness (QED) is 0.849. The van der Waals surface area contributed by atoms with Gasteiger partial charge in [0.05, 0.1) is 10.6 Å². The van der Waals surface area contributed by atoms with Gasteiger partial charge < -0.3 is 4.74 Å². The van der Waals surface area contributed by atoms with Crippen LogP contribution < -0.4 is 4.72 Å². The number of sulfonamides is 1. The van der Waals surface area contributed by atoms with Crippen molar-refractivity contribution in [2.75, 3.05) is 6.61 Å². The first-order valence-electron chi connectivity index (χ1n) is 4.63. The minimum atomic E-state index is -3.66. The van der Waals surface area contributed by atoms with Crippen molar-refractivity contribution in [3.05, 3.63) is 40.5 Å². The molecule has 0 aliphatic carbocycles. The molecule has 5 nitrogen and oxygen atoms in total. The van der Waals surface area contributed by atoms with Crippen LogP contribution in [0.25, 0.3) is 0 Å². The van der Waals surface area contributed by atoms with E-state index < -0.39 is 16.0 Å². The number of ether oxygens (including phenoxy) is 1. The van der Waals surface area contributed by atoms with E-state index in [2.05, 4.69) is 25.4 Å². The summed E-state index contributed by atoms with van der Waals surface area (Å²) in [6, 6.07) is 6.17. The number of rotatable bonds is 3. The second kappa shape index (κ2) is 4.50. The third kappa shape index (κ3) is 2.86. The first-order chi connectivity index (χ1) is 7.97. The van der Waals surface area contributed by atoms with Crippen molar-refractivity contribution in [3.8, 4) is 0 Å². The van der Waals surface area contributed by atoms with E-state index in [-0.39, 0.29) is 17.2 Å². The zero-order chi connectivity index (χ0) is 12.5. The predicted molar refractivity (Wildman–Crippen MR) is 63.5 cm³/mol. The zero-order valence-corrected chi connectivity index (χ0v) is 10.9. The summed E-state index contributed by atoms with van der Waals surface area (Å²) in [7, 11) is -3.66. The highest BCUT2D eigenvalue weighted by Gasteiger charge is 2.20. The van der Waals surface area contributed by atoms with Crippen LogP contribution in [0.4, 0.5) is 0 Å². The first-order valence-corrected chi connectivity index (χ1v) is 6.91. The molecule has 0 aromatic heterocycles. The fraction of sp³-hybridized carbons (Fsp3) is 0.100. The summed E-state index contributed by atoms with van der Waals surface area (Å²) >= 11 is 3.22. The monoisotopic (exact) mass is 317 g/mol. The number of cyclic esters (lactones) is 1. The summed E-state index contributed by atoms with van der Waals surface area (Å²) < 4.78 is 31.4. The molecule has 1 aromatic carbocycles. The maximum atomic E-state index is 11.9. The average Bonchev–Trinajstić information content (AvgIpc) is 2.63. The Balaban J connectivity index is 2.22. The molecule has 17 heavy (non-hydrogen) atoms. The van der Waals surface area contributed by atoms with Gasteiger partial charge in [0.2, 0.25) is 0 Å². The molecule has 0 unspecified atom stereocenters. The lowest BCUT2D eigenvalue weighted by Crippen LogP contribution is -2.23. The Labute approximate surface area is 107 Å². The highest BCUT2D eigenvalue weighted by atomic mass is 79.9. The second-order valence-corrected chi connectivity index (χ2v) is 5.93. The summed E-state index contributed by atoms with van der Waals surface area (Å²) in [4.78, 5) is 10.9. The molecule has 1 aliphatic rings. The number of nitrogens with one attached hydrogen (secondary N) is 1. The fourth-order valence-electron chi connectivity index (χ4n) is 1.28. The molecule has 1 aliphatic heterocycles. The molecule has 0 atom stereocenters. The van der Waals surface area contributed by atoms with Crippen LogP contribution in [-0.4, -0.2) is 21.0 Å². The van der Waals surface area contributed by atoms with Crippen LogP contribution in [0, 0.1) is 0 Å². The molecule has 1 heterocycles. The lowest BCUT2D eigenvalue weighted by Gasteiger charge is -2.07. The molecule has 0 saturated carbocycles. The highest BCUT2D eigenvalue weighted by Crippen LogP contribution is 2.16. The standard InChI is InChI=1S/C10H8BrNO4S/c11-7-1-3-9(4-2-7)17(14,15)12-8-5-10(13)16-6-8/h1-5,12H,6H2. The number of esters is 1. The molecular weight excluding hydrogens is 310 g/mol. The van der Waals surface area contributed by atoms with E-state index in [9.17, 15) is 13.2 Å². The van der Waals surface area contributed by atoms with Gasteiger partial charge >= 0.3 is 5.97 Å². The molecule has 2 rings (SSSR count). The number of carbonyl (C=O) groups excluding carboxylic acids is 1. The van der Waals surface area contributed by atoms with Gasteiger partial charge in [-0.15, -0.1) is 0 Å². The van der Waals surface area contributed by atoms with Crippen molar-refractivity contribution in [2.24, 2.45) is 0 Å². The minimum Gasteiger partial charge on any atom is -0.456 e. The molecule has 0 bridgehead atoms. The van der Waals surface area contributed by atoms with Crippen molar-refractivity contribution >= 4 is 31.9 Å². The maximum Gasteiger partial charge on any atom is 0.333 e. The number of hydrogen-bond acceptors (Lipinski definition) is 4. The molecule has 0 spiro atoms. The Bertz CT molecular complexity index is 577. The Kier molecular flexibility index (Phi) is 3.21. The third-order valence-electron chi connectivity index (χ3n) is 2.05. The summed E-state index contributed by atoms with van der Waals surface area (Å²) in [6.45, 7) is -0.0470. The van der Waals surface area contributed by atoms with Crippen molar-refractivity contribution in [2.45, 2.75) is 4.90 Å². The molecule has 0 saturated heterocycles. The number of carbonyl (C=O) groups is 1.